The lowest BCUT2D eigenvalue weighted by Gasteiger charge is -2.11. The van der Waals surface area contributed by atoms with Gasteiger partial charge in [0.05, 0.1) is 16.6 Å². The highest BCUT2D eigenvalue weighted by molar-refractivity contribution is 14.1. The third-order valence-electron chi connectivity index (χ3n) is 3.08. The van der Waals surface area contributed by atoms with Crippen LogP contribution in [0.4, 0.5) is 0 Å². The second kappa shape index (κ2) is 5.18. The summed E-state index contributed by atoms with van der Waals surface area (Å²) in [6.07, 6.45) is 0. The van der Waals surface area contributed by atoms with Crippen LogP contribution in [0.2, 0.25) is 5.02 Å². The second-order valence-electron chi connectivity index (χ2n) is 4.44. The van der Waals surface area contributed by atoms with Gasteiger partial charge in [-0.05, 0) is 72.0 Å². The summed E-state index contributed by atoms with van der Waals surface area (Å²) in [6.45, 7) is 1.83. The highest BCUT2D eigenvalue weighted by Gasteiger charge is 2.10. The van der Waals surface area contributed by atoms with Crippen LogP contribution < -0.4 is 5.56 Å². The van der Waals surface area contributed by atoms with Gasteiger partial charge >= 0.3 is 0 Å². The summed E-state index contributed by atoms with van der Waals surface area (Å²) in [6, 6.07) is 12.8. The number of halogens is 2. The second-order valence-corrected chi connectivity index (χ2v) is 6.12. The normalized spacial score (nSPS) is 10.9. The van der Waals surface area contributed by atoms with E-state index in [2.05, 4.69) is 27.6 Å². The van der Waals surface area contributed by atoms with Gasteiger partial charge in [-0.15, -0.1) is 0 Å². The van der Waals surface area contributed by atoms with Gasteiger partial charge in [-0.1, -0.05) is 11.6 Å². The van der Waals surface area contributed by atoms with E-state index in [1.807, 2.05) is 37.3 Å². The summed E-state index contributed by atoms with van der Waals surface area (Å²) >= 11 is 8.08. The van der Waals surface area contributed by atoms with Gasteiger partial charge in [0.25, 0.3) is 5.56 Å². The molecule has 0 aliphatic heterocycles. The van der Waals surface area contributed by atoms with E-state index in [-0.39, 0.29) is 5.56 Å². The van der Waals surface area contributed by atoms with Crippen molar-refractivity contribution in [3.8, 4) is 5.69 Å². The van der Waals surface area contributed by atoms with Crippen molar-refractivity contribution >= 4 is 45.1 Å². The van der Waals surface area contributed by atoms with Crippen LogP contribution in [0.1, 0.15) is 5.82 Å². The van der Waals surface area contributed by atoms with E-state index in [0.29, 0.717) is 16.2 Å². The molecule has 2 aromatic carbocycles. The van der Waals surface area contributed by atoms with Crippen molar-refractivity contribution in [3.63, 3.8) is 0 Å². The van der Waals surface area contributed by atoms with E-state index >= 15 is 0 Å². The molecule has 0 saturated carbocycles. The number of rotatable bonds is 1. The fourth-order valence-electron chi connectivity index (χ4n) is 2.16. The molecule has 0 bridgehead atoms. The van der Waals surface area contributed by atoms with Gasteiger partial charge in [0, 0.05) is 8.59 Å². The van der Waals surface area contributed by atoms with E-state index in [0.717, 1.165) is 14.8 Å². The standard InChI is InChI=1S/C15H10ClIN2O/c1-9-18-14-7-4-11(17)8-13(14)15(20)19(9)12-5-2-10(16)3-6-12/h2-8H,1H3. The molecule has 3 rings (SSSR count). The Labute approximate surface area is 134 Å². The van der Waals surface area contributed by atoms with Gasteiger partial charge in [0.1, 0.15) is 5.82 Å². The van der Waals surface area contributed by atoms with Crippen molar-refractivity contribution in [3.05, 3.63) is 67.2 Å². The van der Waals surface area contributed by atoms with Crippen LogP contribution in [0, 0.1) is 10.5 Å². The number of aryl methyl sites for hydroxylation is 1. The molecule has 0 spiro atoms. The highest BCUT2D eigenvalue weighted by atomic mass is 127. The van der Waals surface area contributed by atoms with Gasteiger partial charge in [0.2, 0.25) is 0 Å². The molecular weight excluding hydrogens is 387 g/mol. The fourth-order valence-corrected chi connectivity index (χ4v) is 2.78. The van der Waals surface area contributed by atoms with E-state index < -0.39 is 0 Å². The molecule has 3 aromatic rings. The lowest BCUT2D eigenvalue weighted by atomic mass is 10.2. The third kappa shape index (κ3) is 2.33. The molecule has 0 aliphatic carbocycles. The van der Waals surface area contributed by atoms with Gasteiger partial charge in [-0.2, -0.15) is 0 Å². The van der Waals surface area contributed by atoms with Crippen molar-refractivity contribution in [1.29, 1.82) is 0 Å². The maximum Gasteiger partial charge on any atom is 0.265 e. The smallest absolute Gasteiger partial charge is 0.265 e. The molecule has 1 heterocycles. The average molecular weight is 397 g/mol. The van der Waals surface area contributed by atoms with E-state index in [1.54, 1.807) is 16.7 Å². The molecule has 1 aromatic heterocycles. The Hall–Kier alpha value is -1.40. The molecule has 0 fully saturated rings. The van der Waals surface area contributed by atoms with Crippen LogP contribution in [-0.2, 0) is 0 Å². The van der Waals surface area contributed by atoms with Crippen LogP contribution >= 0.6 is 34.2 Å². The Balaban J connectivity index is 2.36. The summed E-state index contributed by atoms with van der Waals surface area (Å²) in [4.78, 5) is 17.2. The summed E-state index contributed by atoms with van der Waals surface area (Å²) in [5.74, 6) is 0.658. The quantitative estimate of drug-likeness (QED) is 0.584. The summed E-state index contributed by atoms with van der Waals surface area (Å²) in [5.41, 5.74) is 1.43. The van der Waals surface area contributed by atoms with Gasteiger partial charge in [-0.3, -0.25) is 9.36 Å². The summed E-state index contributed by atoms with van der Waals surface area (Å²) in [5, 5.41) is 1.26. The molecule has 0 radical (unpaired) electrons. The Morgan fingerprint density at radius 3 is 2.55 bits per heavy atom. The van der Waals surface area contributed by atoms with Gasteiger partial charge in [0.15, 0.2) is 0 Å². The minimum atomic E-state index is -0.0617. The van der Waals surface area contributed by atoms with Crippen LogP contribution in [0.15, 0.2) is 47.3 Å². The first-order valence-corrected chi connectivity index (χ1v) is 7.47. The Bertz CT molecular complexity index is 856. The molecule has 5 heteroatoms. The zero-order valence-electron chi connectivity index (χ0n) is 10.6. The maximum absolute atomic E-state index is 12.7. The first kappa shape index (κ1) is 13.6. The topological polar surface area (TPSA) is 34.9 Å². The summed E-state index contributed by atoms with van der Waals surface area (Å²) < 4.78 is 2.62. The number of aromatic nitrogens is 2. The minimum Gasteiger partial charge on any atom is -0.268 e. The molecule has 3 nitrogen and oxygen atoms in total. The number of nitrogens with zero attached hydrogens (tertiary/aromatic N) is 2. The molecule has 0 N–H and O–H groups in total. The van der Waals surface area contributed by atoms with Crippen molar-refractivity contribution in [2.45, 2.75) is 6.92 Å². The maximum atomic E-state index is 12.7. The minimum absolute atomic E-state index is 0.0617. The summed E-state index contributed by atoms with van der Waals surface area (Å²) in [7, 11) is 0. The fraction of sp³-hybridized carbons (Fsp3) is 0.0667. The van der Waals surface area contributed by atoms with E-state index in [9.17, 15) is 4.79 Å². The van der Waals surface area contributed by atoms with Crippen molar-refractivity contribution in [2.24, 2.45) is 0 Å². The molecule has 0 atom stereocenters. The van der Waals surface area contributed by atoms with Crippen molar-refractivity contribution in [2.75, 3.05) is 0 Å². The highest BCUT2D eigenvalue weighted by Crippen LogP contribution is 2.17. The Kier molecular flexibility index (Phi) is 3.52. The third-order valence-corrected chi connectivity index (χ3v) is 4.01. The SMILES string of the molecule is Cc1nc2ccc(I)cc2c(=O)n1-c1ccc(Cl)cc1. The number of benzene rings is 2. The number of hydrogen-bond donors (Lipinski definition) is 0. The lowest BCUT2D eigenvalue weighted by Crippen LogP contribution is -2.22. The Morgan fingerprint density at radius 1 is 1.15 bits per heavy atom. The van der Waals surface area contributed by atoms with Crippen LogP contribution in [-0.4, -0.2) is 9.55 Å². The van der Waals surface area contributed by atoms with E-state index in [4.69, 9.17) is 11.6 Å². The number of fused-ring (bicyclic) bond motifs is 1. The monoisotopic (exact) mass is 396 g/mol. The largest absolute Gasteiger partial charge is 0.268 e. The molecule has 100 valence electrons. The predicted octanol–water partition coefficient (Wildman–Crippen LogP) is 3.95. The first-order chi connectivity index (χ1) is 9.56. The van der Waals surface area contributed by atoms with Crippen molar-refractivity contribution in [1.82, 2.24) is 9.55 Å². The molecular formula is C15H10ClIN2O. The van der Waals surface area contributed by atoms with Gasteiger partial charge in [-0.25, -0.2) is 4.98 Å². The molecule has 0 unspecified atom stereocenters. The molecule has 0 aliphatic rings. The average Bonchev–Trinajstić information content (AvgIpc) is 2.42. The number of hydrogen-bond acceptors (Lipinski definition) is 2. The first-order valence-electron chi connectivity index (χ1n) is 6.01. The lowest BCUT2D eigenvalue weighted by molar-refractivity contribution is 0.895. The molecule has 20 heavy (non-hydrogen) atoms. The van der Waals surface area contributed by atoms with E-state index in [1.165, 1.54) is 0 Å². The zero-order chi connectivity index (χ0) is 14.3. The molecule has 0 saturated heterocycles. The van der Waals surface area contributed by atoms with Crippen LogP contribution in [0.25, 0.3) is 16.6 Å². The zero-order valence-corrected chi connectivity index (χ0v) is 13.5. The molecule has 0 amide bonds. The van der Waals surface area contributed by atoms with Crippen LogP contribution in [0.5, 0.6) is 0 Å². The predicted molar refractivity (Wildman–Crippen MR) is 89.8 cm³/mol. The van der Waals surface area contributed by atoms with Crippen LogP contribution in [0.3, 0.4) is 0 Å². The Morgan fingerprint density at radius 2 is 1.85 bits per heavy atom. The van der Waals surface area contributed by atoms with Gasteiger partial charge < -0.3 is 0 Å². The van der Waals surface area contributed by atoms with Crippen molar-refractivity contribution < 1.29 is 0 Å².